The number of carbonyl (C=O) groups excluding carboxylic acids is 3. The van der Waals surface area contributed by atoms with E-state index in [1.54, 1.807) is 38.1 Å². The number of amides is 4. The molecule has 1 atom stereocenters. The van der Waals surface area contributed by atoms with Gasteiger partial charge in [0, 0.05) is 5.69 Å². The number of imide groups is 1. The number of nitrogens with zero attached hydrogens (tertiary/aromatic N) is 1. The molecule has 4 rings (SSSR count). The van der Waals surface area contributed by atoms with E-state index in [0.29, 0.717) is 22.6 Å². The molecule has 0 aromatic heterocycles. The molecule has 29 heavy (non-hydrogen) atoms. The van der Waals surface area contributed by atoms with Gasteiger partial charge in [-0.1, -0.05) is 12.1 Å². The van der Waals surface area contributed by atoms with Gasteiger partial charge in [0.25, 0.3) is 5.91 Å². The maximum Gasteiger partial charge on any atom is 0.325 e. The molecule has 0 unspecified atom stereocenters. The third kappa shape index (κ3) is 3.24. The first-order valence-corrected chi connectivity index (χ1v) is 8.88. The average Bonchev–Trinajstić information content (AvgIpc) is 3.23. The van der Waals surface area contributed by atoms with Crippen molar-refractivity contribution < 1.29 is 28.2 Å². The Bertz CT molecular complexity index is 1040. The van der Waals surface area contributed by atoms with E-state index < -0.39 is 35.7 Å². The number of ether oxygens (including phenoxy) is 2. The highest BCUT2D eigenvalue weighted by molar-refractivity contribution is 6.10. The molecule has 0 aliphatic carbocycles. The van der Waals surface area contributed by atoms with Gasteiger partial charge in [-0.2, -0.15) is 0 Å². The SMILES string of the molecule is Cc1ccc(NC(=O)CN2C(=O)N[C@@](C)(c3ccc4c(c3)OCO4)C2=O)cc1F. The van der Waals surface area contributed by atoms with Gasteiger partial charge < -0.3 is 20.1 Å². The van der Waals surface area contributed by atoms with E-state index in [-0.39, 0.29) is 12.5 Å². The Morgan fingerprint density at radius 1 is 1.21 bits per heavy atom. The second kappa shape index (κ2) is 6.77. The number of aryl methyl sites for hydroxylation is 1. The number of urea groups is 1. The van der Waals surface area contributed by atoms with Crippen LogP contribution in [0.3, 0.4) is 0 Å². The van der Waals surface area contributed by atoms with Gasteiger partial charge in [-0.3, -0.25) is 14.5 Å². The number of benzene rings is 2. The zero-order valence-electron chi connectivity index (χ0n) is 15.7. The number of rotatable bonds is 4. The van der Waals surface area contributed by atoms with Crippen LogP contribution >= 0.6 is 0 Å². The molecule has 1 fully saturated rings. The predicted molar refractivity (Wildman–Crippen MR) is 99.9 cm³/mol. The standard InChI is InChI=1S/C20H18FN3O5/c1-11-3-5-13(8-14(11)21)22-17(25)9-24-18(26)20(2,23-19(24)27)12-4-6-15-16(7-12)29-10-28-15/h3-8H,9-10H2,1-2H3,(H,22,25)(H,23,27)/t20-/m0/s1. The van der Waals surface area contributed by atoms with Crippen LogP contribution in [0, 0.1) is 12.7 Å². The average molecular weight is 399 g/mol. The van der Waals surface area contributed by atoms with E-state index in [1.165, 1.54) is 12.1 Å². The van der Waals surface area contributed by atoms with Crippen molar-refractivity contribution >= 4 is 23.5 Å². The fourth-order valence-electron chi connectivity index (χ4n) is 3.26. The Kier molecular flexibility index (Phi) is 4.37. The molecule has 2 aliphatic heterocycles. The van der Waals surface area contributed by atoms with Crippen molar-refractivity contribution in [1.29, 1.82) is 0 Å². The van der Waals surface area contributed by atoms with E-state index in [4.69, 9.17) is 9.47 Å². The minimum atomic E-state index is -1.35. The zero-order chi connectivity index (χ0) is 20.8. The molecule has 2 aromatic carbocycles. The number of halogens is 1. The maximum absolute atomic E-state index is 13.6. The molecule has 8 nitrogen and oxygen atoms in total. The lowest BCUT2D eigenvalue weighted by Crippen LogP contribution is -2.42. The molecule has 2 aliphatic rings. The monoisotopic (exact) mass is 399 g/mol. The summed E-state index contributed by atoms with van der Waals surface area (Å²) in [7, 11) is 0. The molecule has 0 saturated carbocycles. The molecular formula is C20H18FN3O5. The van der Waals surface area contributed by atoms with Crippen LogP contribution in [0.15, 0.2) is 36.4 Å². The Morgan fingerprint density at radius 2 is 1.97 bits per heavy atom. The predicted octanol–water partition coefficient (Wildman–Crippen LogP) is 2.27. The van der Waals surface area contributed by atoms with Gasteiger partial charge in [-0.05, 0) is 49.2 Å². The lowest BCUT2D eigenvalue weighted by atomic mass is 9.91. The van der Waals surface area contributed by atoms with E-state index in [9.17, 15) is 18.8 Å². The fourth-order valence-corrected chi connectivity index (χ4v) is 3.26. The van der Waals surface area contributed by atoms with E-state index in [2.05, 4.69) is 10.6 Å². The van der Waals surface area contributed by atoms with Crippen molar-refractivity contribution in [2.45, 2.75) is 19.4 Å². The topological polar surface area (TPSA) is 97.0 Å². The van der Waals surface area contributed by atoms with Crippen molar-refractivity contribution in [3.05, 3.63) is 53.3 Å². The summed E-state index contributed by atoms with van der Waals surface area (Å²) < 4.78 is 24.2. The summed E-state index contributed by atoms with van der Waals surface area (Å²) >= 11 is 0. The maximum atomic E-state index is 13.6. The van der Waals surface area contributed by atoms with Crippen LogP contribution in [-0.2, 0) is 15.1 Å². The van der Waals surface area contributed by atoms with Crippen LogP contribution in [0.25, 0.3) is 0 Å². The second-order valence-corrected chi connectivity index (χ2v) is 7.03. The fraction of sp³-hybridized carbons (Fsp3) is 0.250. The minimum absolute atomic E-state index is 0.0850. The van der Waals surface area contributed by atoms with Gasteiger partial charge in [-0.25, -0.2) is 9.18 Å². The Morgan fingerprint density at radius 3 is 2.72 bits per heavy atom. The van der Waals surface area contributed by atoms with Crippen molar-refractivity contribution in [1.82, 2.24) is 10.2 Å². The molecule has 0 spiro atoms. The van der Waals surface area contributed by atoms with Crippen molar-refractivity contribution in [3.8, 4) is 11.5 Å². The third-order valence-electron chi connectivity index (χ3n) is 4.98. The molecule has 0 bridgehead atoms. The Hall–Kier alpha value is -3.62. The first-order valence-electron chi connectivity index (χ1n) is 8.88. The number of fused-ring (bicyclic) bond motifs is 1. The first-order chi connectivity index (χ1) is 13.8. The van der Waals surface area contributed by atoms with Gasteiger partial charge in [-0.15, -0.1) is 0 Å². The molecule has 0 radical (unpaired) electrons. The highest BCUT2D eigenvalue weighted by Crippen LogP contribution is 2.37. The van der Waals surface area contributed by atoms with E-state index in [1.807, 2.05) is 0 Å². The normalized spacial score (nSPS) is 20.0. The highest BCUT2D eigenvalue weighted by atomic mass is 19.1. The number of carbonyl (C=O) groups is 3. The van der Waals surface area contributed by atoms with Crippen molar-refractivity contribution in [2.24, 2.45) is 0 Å². The molecule has 150 valence electrons. The van der Waals surface area contributed by atoms with Gasteiger partial charge >= 0.3 is 6.03 Å². The summed E-state index contributed by atoms with van der Waals surface area (Å²) in [6.07, 6.45) is 0. The summed E-state index contributed by atoms with van der Waals surface area (Å²) in [5, 5.41) is 5.11. The van der Waals surface area contributed by atoms with Gasteiger partial charge in [0.05, 0.1) is 0 Å². The number of hydrogen-bond donors (Lipinski definition) is 2. The number of nitrogens with one attached hydrogen (secondary N) is 2. The third-order valence-corrected chi connectivity index (χ3v) is 4.98. The van der Waals surface area contributed by atoms with Crippen LogP contribution in [0.1, 0.15) is 18.1 Å². The van der Waals surface area contributed by atoms with Crippen LogP contribution in [0.5, 0.6) is 11.5 Å². The van der Waals surface area contributed by atoms with Crippen molar-refractivity contribution in [2.75, 3.05) is 18.7 Å². The van der Waals surface area contributed by atoms with Gasteiger partial charge in [0.15, 0.2) is 11.5 Å². The molecule has 2 N–H and O–H groups in total. The van der Waals surface area contributed by atoms with Crippen LogP contribution < -0.4 is 20.1 Å². The number of hydrogen-bond acceptors (Lipinski definition) is 5. The van der Waals surface area contributed by atoms with Crippen LogP contribution in [-0.4, -0.2) is 36.1 Å². The van der Waals surface area contributed by atoms with E-state index in [0.717, 1.165) is 4.90 Å². The number of anilines is 1. The van der Waals surface area contributed by atoms with Gasteiger partial charge in [0.1, 0.15) is 17.9 Å². The first kappa shape index (κ1) is 18.7. The molecule has 2 heterocycles. The lowest BCUT2D eigenvalue weighted by Gasteiger charge is -2.22. The lowest BCUT2D eigenvalue weighted by molar-refractivity contribution is -0.133. The molecule has 2 aromatic rings. The zero-order valence-corrected chi connectivity index (χ0v) is 15.7. The van der Waals surface area contributed by atoms with Crippen molar-refractivity contribution in [3.63, 3.8) is 0 Å². The smallest absolute Gasteiger partial charge is 0.325 e. The van der Waals surface area contributed by atoms with Gasteiger partial charge in [0.2, 0.25) is 12.7 Å². The Balaban J connectivity index is 1.50. The van der Waals surface area contributed by atoms with Crippen LogP contribution in [0.2, 0.25) is 0 Å². The van der Waals surface area contributed by atoms with Crippen LogP contribution in [0.4, 0.5) is 14.9 Å². The largest absolute Gasteiger partial charge is 0.454 e. The summed E-state index contributed by atoms with van der Waals surface area (Å²) in [5.74, 6) is -0.634. The summed E-state index contributed by atoms with van der Waals surface area (Å²) in [6.45, 7) is 2.74. The Labute approximate surface area is 165 Å². The van der Waals surface area contributed by atoms with E-state index >= 15 is 0 Å². The molecule has 4 amide bonds. The molecule has 1 saturated heterocycles. The highest BCUT2D eigenvalue weighted by Gasteiger charge is 2.49. The molecular weight excluding hydrogens is 381 g/mol. The molecule has 9 heteroatoms. The summed E-state index contributed by atoms with van der Waals surface area (Å²) in [6, 6.07) is 8.48. The summed E-state index contributed by atoms with van der Waals surface area (Å²) in [5.41, 5.74) is -0.169. The quantitative estimate of drug-likeness (QED) is 0.769. The summed E-state index contributed by atoms with van der Waals surface area (Å²) in [4.78, 5) is 38.5. The second-order valence-electron chi connectivity index (χ2n) is 7.03. The minimum Gasteiger partial charge on any atom is -0.454 e.